The number of ether oxygens (including phenoxy) is 2. The van der Waals surface area contributed by atoms with E-state index in [2.05, 4.69) is 32.7 Å². The zero-order valence-electron chi connectivity index (χ0n) is 54.4. The summed E-state index contributed by atoms with van der Waals surface area (Å²) >= 11 is 16.8. The molecule has 6 aromatic carbocycles. The molecule has 3 aliphatic heterocycles. The number of phenols is 1. The Kier molecular flexibility index (Phi) is 19.7. The monoisotopic (exact) mass is 1360 g/mol. The van der Waals surface area contributed by atoms with E-state index in [9.17, 15) is 43.2 Å². The third-order valence-electron chi connectivity index (χ3n) is 17.8. The maximum atomic E-state index is 14.8. The van der Waals surface area contributed by atoms with Gasteiger partial charge in [-0.2, -0.15) is 15.8 Å². The summed E-state index contributed by atoms with van der Waals surface area (Å²) in [5, 5.41) is 45.1. The Morgan fingerprint density at radius 3 is 0.969 bits per heavy atom. The van der Waals surface area contributed by atoms with Crippen LogP contribution in [0.3, 0.4) is 0 Å². The van der Waals surface area contributed by atoms with Crippen LogP contribution in [0, 0.1) is 108 Å². The number of aromatic hydroxyl groups is 1. The topological polar surface area (TPSA) is 214 Å². The van der Waals surface area contributed by atoms with E-state index in [1.54, 1.807) is 144 Å². The maximum absolute atomic E-state index is 14.8. The lowest BCUT2D eigenvalue weighted by molar-refractivity contribution is -0.121. The molecule has 0 atom stereocenters. The number of hydrogen-bond acceptors (Lipinski definition) is 13. The van der Waals surface area contributed by atoms with Crippen molar-refractivity contribution in [1.82, 2.24) is 0 Å². The first-order chi connectivity index (χ1) is 45.8. The summed E-state index contributed by atoms with van der Waals surface area (Å²) < 4.78 is 54.6. The maximum Gasteiger partial charge on any atom is 0.259 e. The first-order valence-electron chi connectivity index (χ1n) is 30.5. The van der Waals surface area contributed by atoms with Crippen molar-refractivity contribution in [2.24, 2.45) is 16.2 Å². The molecule has 3 saturated carbocycles. The average Bonchev–Trinajstić information content (AvgIpc) is 1.60. The van der Waals surface area contributed by atoms with Gasteiger partial charge in [-0.1, -0.05) is 18.2 Å². The quantitative estimate of drug-likeness (QED) is 0.0812. The number of halogens is 3. The van der Waals surface area contributed by atoms with Gasteiger partial charge < -0.3 is 34.4 Å². The molecule has 3 heterocycles. The summed E-state index contributed by atoms with van der Waals surface area (Å²) in [6.45, 7) is 37.6. The Bertz CT molecular complexity index is 4370. The molecule has 0 spiro atoms. The smallest absolute Gasteiger partial charge is 0.259 e. The highest BCUT2D eigenvalue weighted by Gasteiger charge is 2.54. The van der Waals surface area contributed by atoms with Crippen molar-refractivity contribution in [3.63, 3.8) is 0 Å². The normalized spacial score (nSPS) is 18.1. The van der Waals surface area contributed by atoms with Gasteiger partial charge in [0.15, 0.2) is 67.1 Å². The summed E-state index contributed by atoms with van der Waals surface area (Å²) in [5.74, 6) is -3.05. The molecule has 6 fully saturated rings. The van der Waals surface area contributed by atoms with Gasteiger partial charge >= 0.3 is 0 Å². The van der Waals surface area contributed by atoms with E-state index >= 15 is 0 Å². The molecular weight excluding hydrogens is 1300 g/mol. The van der Waals surface area contributed by atoms with E-state index in [4.69, 9.17) is 76.2 Å². The summed E-state index contributed by atoms with van der Waals surface area (Å²) in [5.41, 5.74) is 2.20. The van der Waals surface area contributed by atoms with Gasteiger partial charge in [0.1, 0.15) is 29.8 Å². The minimum atomic E-state index is -1.04. The predicted octanol–water partition coefficient (Wildman–Crippen LogP) is 15.2. The van der Waals surface area contributed by atoms with Gasteiger partial charge in [0, 0.05) is 52.3 Å². The fraction of sp³-hybridized carbons (Fsp3) is 0.333. The van der Waals surface area contributed by atoms with Crippen LogP contribution in [0.2, 0.25) is 0 Å². The molecule has 19 nitrogen and oxygen atoms in total. The molecule has 3 saturated heterocycles. The Morgan fingerprint density at radius 1 is 0.464 bits per heavy atom. The number of phenolic OH excluding ortho intramolecular Hbond substituents is 1. The number of nitriles is 3. The number of aliphatic hydroxyl groups is 1. The molecule has 0 radical (unpaired) electrons. The molecule has 25 heteroatoms. The Labute approximate surface area is 576 Å². The molecular formula is C72H65F3N12O7S3. The second kappa shape index (κ2) is 26.9. The molecule has 6 aliphatic rings. The molecule has 6 aromatic rings. The standard InChI is InChI=1S/2C24H21FN4O2S.C19H16FN3O2S.C5H7NO/c2*1-15-11-16(5-7-19(15)27-4)28-21(30)23(2,3)29(22(28)32)17-6-8-20(18(25)12-17)31-14-24(13-26)9-10-24;1-11-9-12(5-7-15(11)21-4)22-17(25)19(2,3)23(18(22)26)13-6-8-16(24)14(20)10-13;6-3-5(4-7)1-2-5/h2*5-8,11-12H,9-10,14H2,1-3H3;5-10,24H,1-3H3;7H,1-2,4H2. The van der Waals surface area contributed by atoms with Crippen molar-refractivity contribution in [3.05, 3.63) is 178 Å². The van der Waals surface area contributed by atoms with Crippen molar-refractivity contribution in [2.75, 3.05) is 49.2 Å². The summed E-state index contributed by atoms with van der Waals surface area (Å²) in [7, 11) is 0. The highest BCUT2D eigenvalue weighted by Crippen LogP contribution is 2.48. The van der Waals surface area contributed by atoms with Gasteiger partial charge in [-0.3, -0.25) is 29.1 Å². The Morgan fingerprint density at radius 2 is 0.742 bits per heavy atom. The van der Waals surface area contributed by atoms with E-state index in [0.29, 0.717) is 51.2 Å². The van der Waals surface area contributed by atoms with Crippen LogP contribution >= 0.6 is 36.7 Å². The molecule has 3 amide bonds. The van der Waals surface area contributed by atoms with Crippen LogP contribution in [-0.4, -0.2) is 79.7 Å². The second-order valence-electron chi connectivity index (χ2n) is 26.0. The number of anilines is 6. The number of rotatable bonds is 13. The minimum Gasteiger partial charge on any atom is -0.505 e. The lowest BCUT2D eigenvalue weighted by Crippen LogP contribution is -2.44. The predicted molar refractivity (Wildman–Crippen MR) is 373 cm³/mol. The first kappa shape index (κ1) is 70.8. The van der Waals surface area contributed by atoms with Crippen LogP contribution in [0.1, 0.15) is 96.8 Å². The fourth-order valence-corrected chi connectivity index (χ4v) is 12.5. The van der Waals surface area contributed by atoms with E-state index in [-0.39, 0.29) is 69.8 Å². The van der Waals surface area contributed by atoms with Gasteiger partial charge in [-0.25, -0.2) is 27.7 Å². The number of hydrogen-bond donors (Lipinski definition) is 2. The van der Waals surface area contributed by atoms with Gasteiger partial charge in [0.2, 0.25) is 0 Å². The number of nitrogens with zero attached hydrogens (tertiary/aromatic N) is 12. The Balaban J connectivity index is 0.000000163. The molecule has 0 bridgehead atoms. The molecule has 494 valence electrons. The third-order valence-corrected chi connectivity index (χ3v) is 18.9. The van der Waals surface area contributed by atoms with Gasteiger partial charge in [-0.15, -0.1) is 0 Å². The number of thiocarbonyl (C=S) groups is 3. The lowest BCUT2D eigenvalue weighted by Gasteiger charge is -2.29. The first-order valence-corrected chi connectivity index (χ1v) is 31.7. The number of aryl methyl sites for hydroxylation is 3. The third kappa shape index (κ3) is 13.7. The van der Waals surface area contributed by atoms with E-state index in [0.717, 1.165) is 61.3 Å². The van der Waals surface area contributed by atoms with Crippen molar-refractivity contribution < 1.29 is 47.2 Å². The molecule has 0 aromatic heterocycles. The number of carbonyl (C=O) groups excluding carboxylic acids is 3. The zero-order valence-corrected chi connectivity index (χ0v) is 56.9. The molecule has 3 aliphatic carbocycles. The Hall–Kier alpha value is -10.5. The summed E-state index contributed by atoms with van der Waals surface area (Å²) in [6, 6.07) is 34.5. The van der Waals surface area contributed by atoms with Crippen LogP contribution in [0.25, 0.3) is 14.5 Å². The SMILES string of the molecule is N#CC1(CO)CC1.[C-]#[N+]c1ccc(N2C(=O)C(C)(C)N(c3ccc(O)c(F)c3)C2=S)cc1C.[C-]#[N+]c1ccc(N2C(=O)C(C)(C)N(c3ccc(OCC4(C#N)CC4)c(F)c3)C2=S)cc1C.[C-]#[N+]c1ccc(N2C(=O)C(C)(C)N(c3ccc(OCC4(C#N)CC4)c(F)c3)C2=S)cc1C. The van der Waals surface area contributed by atoms with Gasteiger partial charge in [-0.05, 0) is 227 Å². The van der Waals surface area contributed by atoms with Gasteiger partial charge in [0.25, 0.3) is 17.7 Å². The number of amides is 3. The van der Waals surface area contributed by atoms with Crippen molar-refractivity contribution in [3.8, 4) is 35.5 Å². The lowest BCUT2D eigenvalue weighted by atomic mass is 10.0. The number of aliphatic hydroxyl groups excluding tert-OH is 1. The highest BCUT2D eigenvalue weighted by atomic mass is 32.1. The highest BCUT2D eigenvalue weighted by molar-refractivity contribution is 7.81. The van der Waals surface area contributed by atoms with E-state index in [1.807, 2.05) is 0 Å². The molecule has 2 N–H and O–H groups in total. The van der Waals surface area contributed by atoms with Crippen LogP contribution < -0.4 is 38.9 Å². The molecule has 97 heavy (non-hydrogen) atoms. The van der Waals surface area contributed by atoms with Crippen LogP contribution in [0.15, 0.2) is 109 Å². The number of benzene rings is 6. The van der Waals surface area contributed by atoms with E-state index in [1.165, 1.54) is 51.1 Å². The van der Waals surface area contributed by atoms with Crippen molar-refractivity contribution in [2.45, 2.75) is 117 Å². The molecule has 12 rings (SSSR count). The second-order valence-corrected chi connectivity index (χ2v) is 27.1. The molecule has 0 unspecified atom stereocenters. The summed E-state index contributed by atoms with van der Waals surface area (Å²) in [6.07, 6.45) is 4.81. The van der Waals surface area contributed by atoms with Crippen molar-refractivity contribution >= 4 is 121 Å². The van der Waals surface area contributed by atoms with Crippen molar-refractivity contribution in [1.29, 1.82) is 15.8 Å². The number of carbonyl (C=O) groups is 3. The van der Waals surface area contributed by atoms with E-state index < -0.39 is 50.6 Å². The average molecular weight is 1360 g/mol. The largest absolute Gasteiger partial charge is 0.505 e. The van der Waals surface area contributed by atoms with Crippen LogP contribution in [0.4, 0.5) is 64.4 Å². The fourth-order valence-electron chi connectivity index (χ4n) is 11.0. The zero-order chi connectivity index (χ0) is 71.1. The summed E-state index contributed by atoms with van der Waals surface area (Å²) in [4.78, 5) is 59.0. The van der Waals surface area contributed by atoms with Crippen LogP contribution in [-0.2, 0) is 14.4 Å². The minimum absolute atomic E-state index is 0.0451. The van der Waals surface area contributed by atoms with Crippen LogP contribution in [0.5, 0.6) is 17.2 Å². The van der Waals surface area contributed by atoms with Gasteiger partial charge in [0.05, 0.1) is 60.8 Å².